The summed E-state index contributed by atoms with van der Waals surface area (Å²) in [5, 5.41) is 0.811. The Morgan fingerprint density at radius 3 is 2.63 bits per heavy atom. The first-order chi connectivity index (χ1) is 9.13. The van der Waals surface area contributed by atoms with Crippen LogP contribution in [0.15, 0.2) is 18.2 Å². The molecule has 0 spiro atoms. The Balaban J connectivity index is 2.09. The van der Waals surface area contributed by atoms with Crippen molar-refractivity contribution in [2.75, 3.05) is 7.11 Å². The summed E-state index contributed by atoms with van der Waals surface area (Å²) in [4.78, 5) is 0. The lowest BCUT2D eigenvalue weighted by molar-refractivity contribution is 0.0997. The lowest BCUT2D eigenvalue weighted by atomic mass is 9.80. The van der Waals surface area contributed by atoms with Gasteiger partial charge in [0.2, 0.25) is 0 Å². The number of halogens is 1. The van der Waals surface area contributed by atoms with Crippen LogP contribution in [0.2, 0.25) is 0 Å². The Morgan fingerprint density at radius 1 is 1.21 bits per heavy atom. The molecule has 2 nitrogen and oxygen atoms in total. The monoisotopic (exact) mass is 326 g/mol. The molecule has 0 saturated heterocycles. The van der Waals surface area contributed by atoms with Crippen molar-refractivity contribution in [3.8, 4) is 11.5 Å². The minimum Gasteiger partial charge on any atom is -0.497 e. The Hall–Kier alpha value is -0.700. The Morgan fingerprint density at radius 2 is 2.00 bits per heavy atom. The SMILES string of the molecule is COc1ccc(CBr)c(OC2CCC(C)C(C)C2)c1. The molecule has 0 radical (unpaired) electrons. The molecule has 0 heterocycles. The molecule has 0 aromatic heterocycles. The highest BCUT2D eigenvalue weighted by molar-refractivity contribution is 9.08. The molecule has 1 aromatic carbocycles. The van der Waals surface area contributed by atoms with Gasteiger partial charge in [-0.2, -0.15) is 0 Å². The number of methoxy groups -OCH3 is 1. The van der Waals surface area contributed by atoms with Gasteiger partial charge in [0, 0.05) is 17.0 Å². The number of alkyl halides is 1. The van der Waals surface area contributed by atoms with Crippen LogP contribution in [-0.4, -0.2) is 13.2 Å². The molecular formula is C16H23BrO2. The minimum atomic E-state index is 0.344. The van der Waals surface area contributed by atoms with E-state index in [2.05, 4.69) is 35.8 Å². The molecule has 3 atom stereocenters. The van der Waals surface area contributed by atoms with E-state index in [0.717, 1.165) is 41.5 Å². The van der Waals surface area contributed by atoms with Gasteiger partial charge in [-0.15, -0.1) is 0 Å². The summed E-state index contributed by atoms with van der Waals surface area (Å²) in [6.07, 6.45) is 3.92. The molecule has 1 aliphatic carbocycles. The van der Waals surface area contributed by atoms with Crippen LogP contribution in [-0.2, 0) is 5.33 Å². The van der Waals surface area contributed by atoms with Crippen LogP contribution in [0, 0.1) is 11.8 Å². The number of hydrogen-bond acceptors (Lipinski definition) is 2. The van der Waals surface area contributed by atoms with Crippen molar-refractivity contribution in [1.82, 2.24) is 0 Å². The average molecular weight is 327 g/mol. The van der Waals surface area contributed by atoms with Gasteiger partial charge in [0.25, 0.3) is 0 Å². The quantitative estimate of drug-likeness (QED) is 0.740. The molecule has 3 unspecified atom stereocenters. The number of benzene rings is 1. The van der Waals surface area contributed by atoms with Gasteiger partial charge in [0.1, 0.15) is 11.5 Å². The third-order valence-electron chi connectivity index (χ3n) is 4.26. The van der Waals surface area contributed by atoms with E-state index in [1.165, 1.54) is 12.0 Å². The van der Waals surface area contributed by atoms with Crippen molar-refractivity contribution in [2.24, 2.45) is 11.8 Å². The molecule has 3 heteroatoms. The zero-order valence-electron chi connectivity index (χ0n) is 12.0. The fraction of sp³-hybridized carbons (Fsp3) is 0.625. The van der Waals surface area contributed by atoms with Crippen LogP contribution in [0.1, 0.15) is 38.7 Å². The lowest BCUT2D eigenvalue weighted by Gasteiger charge is -2.32. The molecule has 1 fully saturated rings. The lowest BCUT2D eigenvalue weighted by Crippen LogP contribution is -2.29. The summed E-state index contributed by atoms with van der Waals surface area (Å²) < 4.78 is 11.5. The van der Waals surface area contributed by atoms with Gasteiger partial charge in [0.05, 0.1) is 13.2 Å². The van der Waals surface area contributed by atoms with E-state index in [9.17, 15) is 0 Å². The van der Waals surface area contributed by atoms with E-state index < -0.39 is 0 Å². The zero-order chi connectivity index (χ0) is 13.8. The summed E-state index contributed by atoms with van der Waals surface area (Å²) in [5.41, 5.74) is 1.19. The highest BCUT2D eigenvalue weighted by Crippen LogP contribution is 2.34. The van der Waals surface area contributed by atoms with Gasteiger partial charge in [0.15, 0.2) is 0 Å². The highest BCUT2D eigenvalue weighted by Gasteiger charge is 2.26. The van der Waals surface area contributed by atoms with Crippen molar-refractivity contribution in [3.63, 3.8) is 0 Å². The summed E-state index contributed by atoms with van der Waals surface area (Å²) >= 11 is 3.52. The van der Waals surface area contributed by atoms with Crippen molar-refractivity contribution >= 4 is 15.9 Å². The van der Waals surface area contributed by atoms with Gasteiger partial charge in [-0.05, 0) is 37.2 Å². The average Bonchev–Trinajstić information content (AvgIpc) is 2.43. The third kappa shape index (κ3) is 3.65. The Bertz CT molecular complexity index is 419. The molecule has 0 aliphatic heterocycles. The number of hydrogen-bond donors (Lipinski definition) is 0. The van der Waals surface area contributed by atoms with Crippen LogP contribution in [0.3, 0.4) is 0 Å². The van der Waals surface area contributed by atoms with Gasteiger partial charge >= 0.3 is 0 Å². The fourth-order valence-corrected chi connectivity index (χ4v) is 3.13. The predicted octanol–water partition coefficient (Wildman–Crippen LogP) is 4.79. The first kappa shape index (κ1) is 14.7. The Labute approximate surface area is 124 Å². The predicted molar refractivity (Wildman–Crippen MR) is 82.2 cm³/mol. The molecule has 0 N–H and O–H groups in total. The van der Waals surface area contributed by atoms with E-state index in [1.54, 1.807) is 7.11 Å². The topological polar surface area (TPSA) is 18.5 Å². The highest BCUT2D eigenvalue weighted by atomic mass is 79.9. The molecular weight excluding hydrogens is 304 g/mol. The largest absolute Gasteiger partial charge is 0.497 e. The fourth-order valence-electron chi connectivity index (χ4n) is 2.67. The molecule has 1 aliphatic rings. The first-order valence-corrected chi connectivity index (χ1v) is 8.15. The molecule has 106 valence electrons. The summed E-state index contributed by atoms with van der Waals surface area (Å²) in [6, 6.07) is 6.05. The van der Waals surface area contributed by atoms with Crippen LogP contribution in [0.4, 0.5) is 0 Å². The molecule has 0 bridgehead atoms. The second-order valence-electron chi connectivity index (χ2n) is 5.61. The molecule has 1 aromatic rings. The van der Waals surface area contributed by atoms with E-state index in [4.69, 9.17) is 9.47 Å². The smallest absolute Gasteiger partial charge is 0.127 e. The second-order valence-corrected chi connectivity index (χ2v) is 6.18. The minimum absolute atomic E-state index is 0.344. The van der Waals surface area contributed by atoms with Gasteiger partial charge in [-0.3, -0.25) is 0 Å². The Kier molecular flexibility index (Phi) is 5.14. The van der Waals surface area contributed by atoms with E-state index in [-0.39, 0.29) is 0 Å². The van der Waals surface area contributed by atoms with Crippen molar-refractivity contribution in [3.05, 3.63) is 23.8 Å². The van der Waals surface area contributed by atoms with Crippen molar-refractivity contribution in [1.29, 1.82) is 0 Å². The maximum Gasteiger partial charge on any atom is 0.127 e. The first-order valence-electron chi connectivity index (χ1n) is 7.03. The van der Waals surface area contributed by atoms with Gasteiger partial charge in [-0.1, -0.05) is 35.8 Å². The molecule has 0 amide bonds. The van der Waals surface area contributed by atoms with Crippen molar-refractivity contribution in [2.45, 2.75) is 44.5 Å². The molecule has 1 saturated carbocycles. The summed E-state index contributed by atoms with van der Waals surface area (Å²) in [7, 11) is 1.69. The van der Waals surface area contributed by atoms with Gasteiger partial charge < -0.3 is 9.47 Å². The van der Waals surface area contributed by atoms with E-state index >= 15 is 0 Å². The van der Waals surface area contributed by atoms with Crippen molar-refractivity contribution < 1.29 is 9.47 Å². The molecule has 2 rings (SSSR count). The van der Waals surface area contributed by atoms with E-state index in [0.29, 0.717) is 6.10 Å². The normalized spacial score (nSPS) is 27.1. The van der Waals surface area contributed by atoms with Crippen LogP contribution < -0.4 is 9.47 Å². The standard InChI is InChI=1S/C16H23BrO2/c1-11-4-6-15(8-12(11)2)19-16-9-14(18-3)7-5-13(16)10-17/h5,7,9,11-12,15H,4,6,8,10H2,1-3H3. The summed E-state index contributed by atoms with van der Waals surface area (Å²) in [6.45, 7) is 4.67. The number of ether oxygens (including phenoxy) is 2. The third-order valence-corrected chi connectivity index (χ3v) is 4.87. The zero-order valence-corrected chi connectivity index (χ0v) is 13.6. The maximum absolute atomic E-state index is 6.23. The molecule has 19 heavy (non-hydrogen) atoms. The van der Waals surface area contributed by atoms with Crippen LogP contribution >= 0.6 is 15.9 Å². The second kappa shape index (κ2) is 6.65. The number of rotatable bonds is 4. The summed E-state index contributed by atoms with van der Waals surface area (Å²) in [5.74, 6) is 3.39. The van der Waals surface area contributed by atoms with E-state index in [1.807, 2.05) is 12.1 Å². The maximum atomic E-state index is 6.23. The van der Waals surface area contributed by atoms with Crippen LogP contribution in [0.25, 0.3) is 0 Å². The van der Waals surface area contributed by atoms with Gasteiger partial charge in [-0.25, -0.2) is 0 Å². The van der Waals surface area contributed by atoms with Crippen LogP contribution in [0.5, 0.6) is 11.5 Å².